The van der Waals surface area contributed by atoms with Crippen LogP contribution < -0.4 is 0 Å². The highest BCUT2D eigenvalue weighted by Gasteiger charge is 2.08. The number of fused-ring (bicyclic) bond motifs is 1. The highest BCUT2D eigenvalue weighted by atomic mass is 15.1. The second kappa shape index (κ2) is 3.98. The first-order chi connectivity index (χ1) is 8.65. The molecule has 0 unspecified atom stereocenters. The maximum Gasteiger partial charge on any atom is 0.111 e. The summed E-state index contributed by atoms with van der Waals surface area (Å²) >= 11 is 0. The molecule has 3 rings (SSSR count). The average molecular weight is 236 g/mol. The number of hydrogen-bond acceptors (Lipinski definition) is 1. The molecule has 0 spiro atoms. The standard InChI is InChI=1S/C16H16N2/c1-11-5-4-6-14(9-11)18-13(3)17-15-10-12(2)7-8-16(15)18/h4-10H,1-3H3. The van der Waals surface area contributed by atoms with E-state index in [1.165, 1.54) is 22.3 Å². The van der Waals surface area contributed by atoms with Gasteiger partial charge in [-0.3, -0.25) is 4.57 Å². The lowest BCUT2D eigenvalue weighted by molar-refractivity contribution is 0.999. The highest BCUT2D eigenvalue weighted by Crippen LogP contribution is 2.22. The Hall–Kier alpha value is -2.09. The van der Waals surface area contributed by atoms with E-state index >= 15 is 0 Å². The van der Waals surface area contributed by atoms with Gasteiger partial charge in [0.05, 0.1) is 11.0 Å². The van der Waals surface area contributed by atoms with E-state index in [2.05, 4.69) is 72.8 Å². The van der Waals surface area contributed by atoms with Gasteiger partial charge in [0, 0.05) is 5.69 Å². The molecule has 0 bridgehead atoms. The van der Waals surface area contributed by atoms with Crippen LogP contribution in [0.4, 0.5) is 0 Å². The van der Waals surface area contributed by atoms with Crippen LogP contribution in [0.25, 0.3) is 16.7 Å². The van der Waals surface area contributed by atoms with Gasteiger partial charge in [0.25, 0.3) is 0 Å². The van der Waals surface area contributed by atoms with Crippen LogP contribution in [-0.2, 0) is 0 Å². The highest BCUT2D eigenvalue weighted by molar-refractivity contribution is 5.79. The summed E-state index contributed by atoms with van der Waals surface area (Å²) in [6.45, 7) is 6.26. The zero-order valence-electron chi connectivity index (χ0n) is 10.9. The van der Waals surface area contributed by atoms with E-state index in [9.17, 15) is 0 Å². The van der Waals surface area contributed by atoms with E-state index in [0.29, 0.717) is 0 Å². The summed E-state index contributed by atoms with van der Waals surface area (Å²) < 4.78 is 2.21. The van der Waals surface area contributed by atoms with Gasteiger partial charge in [-0.1, -0.05) is 18.2 Å². The van der Waals surface area contributed by atoms with Crippen LogP contribution in [0.5, 0.6) is 0 Å². The minimum Gasteiger partial charge on any atom is -0.297 e. The minimum absolute atomic E-state index is 1.03. The van der Waals surface area contributed by atoms with Gasteiger partial charge in [-0.25, -0.2) is 4.98 Å². The van der Waals surface area contributed by atoms with Crippen molar-refractivity contribution in [1.29, 1.82) is 0 Å². The summed E-state index contributed by atoms with van der Waals surface area (Å²) in [6.07, 6.45) is 0. The molecule has 1 aromatic heterocycles. The lowest BCUT2D eigenvalue weighted by Crippen LogP contribution is -1.96. The first kappa shape index (κ1) is 11.0. The molecule has 0 atom stereocenters. The van der Waals surface area contributed by atoms with Crippen LogP contribution >= 0.6 is 0 Å². The molecule has 0 N–H and O–H groups in total. The molecule has 0 saturated carbocycles. The number of imidazole rings is 1. The maximum absolute atomic E-state index is 4.64. The fourth-order valence-electron chi connectivity index (χ4n) is 2.40. The molecular weight excluding hydrogens is 220 g/mol. The Labute approximate surface area is 107 Å². The summed E-state index contributed by atoms with van der Waals surface area (Å²) in [5.74, 6) is 1.03. The van der Waals surface area contributed by atoms with Crippen molar-refractivity contribution in [1.82, 2.24) is 9.55 Å². The van der Waals surface area contributed by atoms with Gasteiger partial charge < -0.3 is 0 Å². The lowest BCUT2D eigenvalue weighted by atomic mass is 10.2. The minimum atomic E-state index is 1.03. The Balaban J connectivity index is 2.32. The second-order valence-corrected chi connectivity index (χ2v) is 4.83. The van der Waals surface area contributed by atoms with Crippen molar-refractivity contribution < 1.29 is 0 Å². The van der Waals surface area contributed by atoms with Gasteiger partial charge in [-0.15, -0.1) is 0 Å². The molecular formula is C16H16N2. The number of aryl methyl sites for hydroxylation is 3. The van der Waals surface area contributed by atoms with Gasteiger partial charge in [0.2, 0.25) is 0 Å². The van der Waals surface area contributed by atoms with Gasteiger partial charge in [-0.05, 0) is 56.2 Å². The van der Waals surface area contributed by atoms with Gasteiger partial charge >= 0.3 is 0 Å². The smallest absolute Gasteiger partial charge is 0.111 e. The van der Waals surface area contributed by atoms with E-state index in [1.807, 2.05) is 0 Å². The predicted molar refractivity (Wildman–Crippen MR) is 75.3 cm³/mol. The number of benzene rings is 2. The molecule has 0 aliphatic heterocycles. The summed E-state index contributed by atoms with van der Waals surface area (Å²) in [4.78, 5) is 4.64. The molecule has 1 heterocycles. The molecule has 0 aliphatic rings. The Kier molecular flexibility index (Phi) is 2.44. The van der Waals surface area contributed by atoms with Crippen molar-refractivity contribution in [3.8, 4) is 5.69 Å². The van der Waals surface area contributed by atoms with Crippen LogP contribution in [0.15, 0.2) is 42.5 Å². The molecule has 18 heavy (non-hydrogen) atoms. The molecule has 90 valence electrons. The average Bonchev–Trinajstić information content (AvgIpc) is 2.64. The molecule has 2 heteroatoms. The Morgan fingerprint density at radius 3 is 2.44 bits per heavy atom. The van der Waals surface area contributed by atoms with Crippen molar-refractivity contribution in [3.05, 3.63) is 59.4 Å². The Morgan fingerprint density at radius 2 is 1.67 bits per heavy atom. The van der Waals surface area contributed by atoms with Crippen LogP contribution in [-0.4, -0.2) is 9.55 Å². The summed E-state index contributed by atoms with van der Waals surface area (Å²) in [5, 5.41) is 0. The number of nitrogens with zero attached hydrogens (tertiary/aromatic N) is 2. The third kappa shape index (κ3) is 1.70. The third-order valence-corrected chi connectivity index (χ3v) is 3.24. The number of aromatic nitrogens is 2. The van der Waals surface area contributed by atoms with Crippen LogP contribution in [0.1, 0.15) is 17.0 Å². The normalized spacial score (nSPS) is 11.1. The van der Waals surface area contributed by atoms with Crippen LogP contribution in [0, 0.1) is 20.8 Å². The zero-order valence-corrected chi connectivity index (χ0v) is 10.9. The fourth-order valence-corrected chi connectivity index (χ4v) is 2.40. The summed E-state index contributed by atoms with van der Waals surface area (Å²) in [7, 11) is 0. The molecule has 0 radical (unpaired) electrons. The van der Waals surface area contributed by atoms with Crippen molar-refractivity contribution in [2.45, 2.75) is 20.8 Å². The first-order valence-electron chi connectivity index (χ1n) is 6.18. The Bertz CT molecular complexity index is 723. The fraction of sp³-hybridized carbons (Fsp3) is 0.188. The Morgan fingerprint density at radius 1 is 0.889 bits per heavy atom. The molecule has 3 aromatic rings. The SMILES string of the molecule is Cc1cccc(-n2c(C)nc3cc(C)ccc32)c1. The number of rotatable bonds is 1. The molecule has 0 saturated heterocycles. The first-order valence-corrected chi connectivity index (χ1v) is 6.18. The summed E-state index contributed by atoms with van der Waals surface area (Å²) in [5.41, 5.74) is 5.92. The lowest BCUT2D eigenvalue weighted by Gasteiger charge is -2.07. The zero-order chi connectivity index (χ0) is 12.7. The maximum atomic E-state index is 4.64. The topological polar surface area (TPSA) is 17.8 Å². The number of hydrogen-bond donors (Lipinski definition) is 0. The predicted octanol–water partition coefficient (Wildman–Crippen LogP) is 3.95. The van der Waals surface area contributed by atoms with Gasteiger partial charge in [-0.2, -0.15) is 0 Å². The second-order valence-electron chi connectivity index (χ2n) is 4.83. The van der Waals surface area contributed by atoms with Crippen LogP contribution in [0.3, 0.4) is 0 Å². The van der Waals surface area contributed by atoms with E-state index < -0.39 is 0 Å². The van der Waals surface area contributed by atoms with E-state index in [-0.39, 0.29) is 0 Å². The van der Waals surface area contributed by atoms with E-state index in [1.54, 1.807) is 0 Å². The summed E-state index contributed by atoms with van der Waals surface area (Å²) in [6, 6.07) is 14.9. The molecule has 2 nitrogen and oxygen atoms in total. The van der Waals surface area contributed by atoms with Crippen molar-refractivity contribution in [2.24, 2.45) is 0 Å². The van der Waals surface area contributed by atoms with E-state index in [4.69, 9.17) is 0 Å². The van der Waals surface area contributed by atoms with Crippen LogP contribution in [0.2, 0.25) is 0 Å². The van der Waals surface area contributed by atoms with E-state index in [0.717, 1.165) is 11.3 Å². The molecule has 0 fully saturated rings. The van der Waals surface area contributed by atoms with Gasteiger partial charge in [0.1, 0.15) is 5.82 Å². The largest absolute Gasteiger partial charge is 0.297 e. The van der Waals surface area contributed by atoms with Crippen molar-refractivity contribution in [2.75, 3.05) is 0 Å². The van der Waals surface area contributed by atoms with Crippen molar-refractivity contribution >= 4 is 11.0 Å². The molecule has 0 aliphatic carbocycles. The third-order valence-electron chi connectivity index (χ3n) is 3.24. The quantitative estimate of drug-likeness (QED) is 0.625. The van der Waals surface area contributed by atoms with Crippen molar-refractivity contribution in [3.63, 3.8) is 0 Å². The monoisotopic (exact) mass is 236 g/mol. The molecule has 0 amide bonds. The molecule has 2 aromatic carbocycles. The van der Waals surface area contributed by atoms with Gasteiger partial charge in [0.15, 0.2) is 0 Å².